The van der Waals surface area contributed by atoms with Gasteiger partial charge in [0.05, 0.1) is 28.4 Å². The van der Waals surface area contributed by atoms with E-state index in [4.69, 9.17) is 0 Å². The van der Waals surface area contributed by atoms with E-state index in [1.165, 1.54) is 6.07 Å². The van der Waals surface area contributed by atoms with E-state index in [-0.39, 0.29) is 17.7 Å². The number of benzene rings is 3. The van der Waals surface area contributed by atoms with Gasteiger partial charge in [-0.3, -0.25) is 9.52 Å². The number of H-pyrrole nitrogens is 1. The smallest absolute Gasteiger partial charge is 0.242 e. The lowest BCUT2D eigenvalue weighted by atomic mass is 10.0. The first-order valence-electron chi connectivity index (χ1n) is 11.3. The first-order chi connectivity index (χ1) is 17.1. The van der Waals surface area contributed by atoms with Crippen molar-refractivity contribution in [2.24, 2.45) is 0 Å². The molecule has 0 saturated carbocycles. The van der Waals surface area contributed by atoms with Crippen LogP contribution in [0.1, 0.15) is 40.2 Å². The lowest BCUT2D eigenvalue weighted by Crippen LogP contribution is -2.31. The van der Waals surface area contributed by atoms with Crippen molar-refractivity contribution in [1.82, 2.24) is 19.4 Å². The number of fused-ring (bicyclic) bond motifs is 1. The van der Waals surface area contributed by atoms with Gasteiger partial charge in [-0.15, -0.1) is 0 Å². The van der Waals surface area contributed by atoms with Crippen LogP contribution in [-0.4, -0.2) is 32.7 Å². The van der Waals surface area contributed by atoms with Gasteiger partial charge in [0.15, 0.2) is 0 Å². The summed E-state index contributed by atoms with van der Waals surface area (Å²) in [5.41, 5.74) is 3.59. The monoisotopic (exact) mass is 524 g/mol. The molecule has 3 N–H and O–H groups in total. The van der Waals surface area contributed by atoms with Crippen LogP contribution in [0, 0.1) is 6.92 Å². The Morgan fingerprint density at radius 2 is 1.81 bits per heavy atom. The first-order valence-corrected chi connectivity index (χ1v) is 14.3. The maximum Gasteiger partial charge on any atom is 0.242 e. The van der Waals surface area contributed by atoms with E-state index < -0.39 is 37.2 Å². The summed E-state index contributed by atoms with van der Waals surface area (Å²) in [6.07, 6.45) is 0.138. The quantitative estimate of drug-likeness (QED) is 0.340. The predicted molar refractivity (Wildman–Crippen MR) is 135 cm³/mol. The van der Waals surface area contributed by atoms with Gasteiger partial charge in [-0.25, -0.2) is 26.5 Å². The SMILES string of the molecule is Cc1cccc(S(=O)(=O)NC(Cc2ccc(C3CC(=O)NS3(=O)=O)cc2)c2nc3ccccc3[nH]2)c1. The molecule has 4 aromatic rings. The largest absolute Gasteiger partial charge is 0.341 e. The Labute approximate surface area is 209 Å². The Morgan fingerprint density at radius 3 is 2.47 bits per heavy atom. The number of nitrogens with one attached hydrogen (secondary N) is 3. The maximum absolute atomic E-state index is 13.2. The zero-order chi connectivity index (χ0) is 25.5. The molecule has 1 aliphatic rings. The van der Waals surface area contributed by atoms with Crippen LogP contribution in [0.4, 0.5) is 0 Å². The zero-order valence-corrected chi connectivity index (χ0v) is 20.9. The third kappa shape index (κ3) is 4.90. The average Bonchev–Trinajstić information content (AvgIpc) is 3.38. The number of carbonyl (C=O) groups excluding carboxylic acids is 1. The van der Waals surface area contributed by atoms with Crippen LogP contribution in [0.15, 0.2) is 77.7 Å². The second-order valence-corrected chi connectivity index (χ2v) is 12.4. The number of aromatic nitrogens is 2. The van der Waals surface area contributed by atoms with Gasteiger partial charge < -0.3 is 4.98 Å². The highest BCUT2D eigenvalue weighted by Crippen LogP contribution is 2.31. The Bertz CT molecular complexity index is 1630. The number of sulfonamides is 2. The number of aromatic amines is 1. The van der Waals surface area contributed by atoms with Crippen LogP contribution >= 0.6 is 0 Å². The molecule has 0 spiro atoms. The Kier molecular flexibility index (Phi) is 6.15. The molecule has 2 atom stereocenters. The number of aryl methyl sites for hydroxylation is 1. The molecule has 186 valence electrons. The van der Waals surface area contributed by atoms with Gasteiger partial charge in [-0.2, -0.15) is 0 Å². The van der Waals surface area contributed by atoms with E-state index in [1.54, 1.807) is 36.4 Å². The van der Waals surface area contributed by atoms with Crippen molar-refractivity contribution in [2.75, 3.05) is 0 Å². The number of rotatable bonds is 7. The summed E-state index contributed by atoms with van der Waals surface area (Å²) in [6.45, 7) is 1.82. The van der Waals surface area contributed by atoms with Gasteiger partial charge >= 0.3 is 0 Å². The first kappa shape index (κ1) is 24.2. The fourth-order valence-corrected chi connectivity index (χ4v) is 7.05. The Hall–Kier alpha value is -3.54. The predicted octanol–water partition coefficient (Wildman–Crippen LogP) is 3.02. The normalized spacial score (nSPS) is 18.2. The summed E-state index contributed by atoms with van der Waals surface area (Å²) in [5.74, 6) is -0.0655. The van der Waals surface area contributed by atoms with Gasteiger partial charge in [0.2, 0.25) is 26.0 Å². The third-order valence-corrected chi connectivity index (χ3v) is 9.30. The fraction of sp³-hybridized carbons (Fsp3) is 0.200. The maximum atomic E-state index is 13.2. The molecular weight excluding hydrogens is 500 g/mol. The summed E-state index contributed by atoms with van der Waals surface area (Å²) < 4.78 is 55.7. The summed E-state index contributed by atoms with van der Waals surface area (Å²) in [4.78, 5) is 19.6. The van der Waals surface area contributed by atoms with Crippen LogP contribution in [-0.2, 0) is 31.3 Å². The highest BCUT2D eigenvalue weighted by atomic mass is 32.2. The van der Waals surface area contributed by atoms with Crippen molar-refractivity contribution in [3.63, 3.8) is 0 Å². The van der Waals surface area contributed by atoms with Crippen LogP contribution in [0.25, 0.3) is 11.0 Å². The minimum atomic E-state index is -3.87. The molecule has 2 heterocycles. The number of imidazole rings is 1. The van der Waals surface area contributed by atoms with Gasteiger partial charge in [-0.05, 0) is 54.3 Å². The van der Waals surface area contributed by atoms with Crippen LogP contribution < -0.4 is 9.44 Å². The molecule has 2 unspecified atom stereocenters. The molecule has 0 radical (unpaired) electrons. The molecule has 3 aromatic carbocycles. The second-order valence-electron chi connectivity index (χ2n) is 8.84. The Balaban J connectivity index is 1.46. The summed E-state index contributed by atoms with van der Waals surface area (Å²) >= 11 is 0. The summed E-state index contributed by atoms with van der Waals surface area (Å²) in [5, 5.41) is -0.940. The molecule has 0 aliphatic carbocycles. The van der Waals surface area contributed by atoms with Crippen molar-refractivity contribution < 1.29 is 21.6 Å². The zero-order valence-electron chi connectivity index (χ0n) is 19.3. The molecule has 0 bridgehead atoms. The minimum Gasteiger partial charge on any atom is -0.341 e. The molecular formula is C25H24N4O5S2. The van der Waals surface area contributed by atoms with E-state index >= 15 is 0 Å². The van der Waals surface area contributed by atoms with Crippen molar-refractivity contribution in [1.29, 1.82) is 0 Å². The van der Waals surface area contributed by atoms with E-state index in [0.29, 0.717) is 16.9 Å². The highest BCUT2D eigenvalue weighted by Gasteiger charge is 2.37. The molecule has 1 fully saturated rings. The van der Waals surface area contributed by atoms with Gasteiger partial charge in [0.25, 0.3) is 0 Å². The number of hydrogen-bond acceptors (Lipinski definition) is 6. The molecule has 1 saturated heterocycles. The van der Waals surface area contributed by atoms with Crippen molar-refractivity contribution in [2.45, 2.75) is 36.0 Å². The lowest BCUT2D eigenvalue weighted by molar-refractivity contribution is -0.118. The molecule has 11 heteroatoms. The molecule has 1 aromatic heterocycles. The van der Waals surface area contributed by atoms with Crippen molar-refractivity contribution in [3.8, 4) is 0 Å². The number of hydrogen-bond donors (Lipinski definition) is 3. The van der Waals surface area contributed by atoms with E-state index in [0.717, 1.165) is 16.6 Å². The number of para-hydroxylation sites is 2. The fourth-order valence-electron chi connectivity index (χ4n) is 4.32. The number of nitrogens with zero attached hydrogens (tertiary/aromatic N) is 1. The van der Waals surface area contributed by atoms with Gasteiger partial charge in [0, 0.05) is 0 Å². The lowest BCUT2D eigenvalue weighted by Gasteiger charge is -2.18. The molecule has 5 rings (SSSR count). The van der Waals surface area contributed by atoms with E-state index in [1.807, 2.05) is 42.0 Å². The summed E-state index contributed by atoms with van der Waals surface area (Å²) in [7, 11) is -7.61. The third-order valence-electron chi connectivity index (χ3n) is 6.13. The number of amides is 1. The average molecular weight is 525 g/mol. The molecule has 1 amide bonds. The van der Waals surface area contributed by atoms with Crippen molar-refractivity contribution in [3.05, 3.63) is 95.3 Å². The second kappa shape index (κ2) is 9.16. The summed E-state index contributed by atoms with van der Waals surface area (Å²) in [6, 6.07) is 20.2. The molecule has 9 nitrogen and oxygen atoms in total. The highest BCUT2D eigenvalue weighted by molar-refractivity contribution is 7.90. The molecule has 1 aliphatic heterocycles. The van der Waals surface area contributed by atoms with Crippen LogP contribution in [0.5, 0.6) is 0 Å². The van der Waals surface area contributed by atoms with E-state index in [9.17, 15) is 21.6 Å². The van der Waals surface area contributed by atoms with E-state index in [2.05, 4.69) is 14.7 Å². The molecule has 36 heavy (non-hydrogen) atoms. The minimum absolute atomic E-state index is 0.125. The number of carbonyl (C=O) groups is 1. The van der Waals surface area contributed by atoms with Gasteiger partial charge in [0.1, 0.15) is 11.1 Å². The van der Waals surface area contributed by atoms with Crippen LogP contribution in [0.3, 0.4) is 0 Å². The van der Waals surface area contributed by atoms with Gasteiger partial charge in [-0.1, -0.05) is 48.5 Å². The standard InChI is InChI=1S/C25H24N4O5S2/c1-16-5-4-6-19(13-16)35(31,32)28-22(25-26-20-7-2-3-8-21(20)27-25)14-17-9-11-18(12-10-17)23-15-24(30)29-36(23,33)34/h2-13,22-23,28H,14-15H2,1H3,(H,26,27)(H,29,30). The Morgan fingerprint density at radius 1 is 1.06 bits per heavy atom. The topological polar surface area (TPSA) is 138 Å². The van der Waals surface area contributed by atoms with Crippen LogP contribution in [0.2, 0.25) is 0 Å². The van der Waals surface area contributed by atoms with Crippen molar-refractivity contribution >= 4 is 37.0 Å².